The minimum atomic E-state index is -3.27. The minimum Gasteiger partial charge on any atom is -0.363 e. The van der Waals surface area contributed by atoms with E-state index in [1.165, 1.54) is 0 Å². The molecule has 1 aromatic heterocycles. The number of sulfonamides is 1. The maximum absolute atomic E-state index is 12.4. The van der Waals surface area contributed by atoms with Gasteiger partial charge in [0, 0.05) is 45.5 Å². The molecule has 0 aromatic carbocycles. The molecule has 1 fully saturated rings. The Morgan fingerprint density at radius 2 is 1.92 bits per heavy atom. The van der Waals surface area contributed by atoms with Crippen LogP contribution in [0.5, 0.6) is 0 Å². The molecule has 1 aromatic rings. The quantitative estimate of drug-likeness (QED) is 0.672. The van der Waals surface area contributed by atoms with Crippen LogP contribution in [0.4, 0.5) is 5.82 Å². The fourth-order valence-corrected chi connectivity index (χ4v) is 4.00. The number of rotatable bonds is 7. The number of aromatic nitrogens is 1. The van der Waals surface area contributed by atoms with Crippen molar-refractivity contribution >= 4 is 33.2 Å². The molecule has 0 radical (unpaired) electrons. The second-order valence-electron chi connectivity index (χ2n) is 5.57. The van der Waals surface area contributed by atoms with Crippen LogP contribution < -0.4 is 15.5 Å². The van der Waals surface area contributed by atoms with Crippen molar-refractivity contribution in [2.45, 2.75) is 13.3 Å². The zero-order valence-electron chi connectivity index (χ0n) is 13.9. The molecule has 134 valence electrons. The molecule has 0 saturated carbocycles. The Bertz CT molecular complexity index is 616. The van der Waals surface area contributed by atoms with Gasteiger partial charge in [-0.1, -0.05) is 13.0 Å². The van der Waals surface area contributed by atoms with Gasteiger partial charge in [0.15, 0.2) is 5.11 Å². The summed E-state index contributed by atoms with van der Waals surface area (Å²) >= 11 is 5.09. The molecule has 0 bridgehead atoms. The molecule has 1 aliphatic heterocycles. The van der Waals surface area contributed by atoms with Gasteiger partial charge in [0.2, 0.25) is 10.0 Å². The number of hydrogen-bond donors (Lipinski definition) is 2. The summed E-state index contributed by atoms with van der Waals surface area (Å²) in [6, 6.07) is 5.75. The maximum atomic E-state index is 12.4. The number of anilines is 1. The van der Waals surface area contributed by atoms with E-state index < -0.39 is 10.0 Å². The molecular weight excluding hydrogens is 346 g/mol. The summed E-state index contributed by atoms with van der Waals surface area (Å²) < 4.78 is 26.4. The predicted octanol–water partition coefficient (Wildman–Crippen LogP) is 0.408. The first-order valence-corrected chi connectivity index (χ1v) is 10.2. The third-order valence-electron chi connectivity index (χ3n) is 3.79. The molecule has 2 heterocycles. The second kappa shape index (κ2) is 9.14. The molecule has 0 unspecified atom stereocenters. The van der Waals surface area contributed by atoms with Crippen molar-refractivity contribution in [3.8, 4) is 0 Å². The average molecular weight is 372 g/mol. The van der Waals surface area contributed by atoms with E-state index in [0.29, 0.717) is 37.8 Å². The first-order chi connectivity index (χ1) is 11.5. The number of nitrogens with zero attached hydrogens (tertiary/aromatic N) is 3. The molecule has 7 nitrogen and oxygen atoms in total. The van der Waals surface area contributed by atoms with Crippen LogP contribution in [0.2, 0.25) is 0 Å². The van der Waals surface area contributed by atoms with Crippen LogP contribution in [0, 0.1) is 0 Å². The van der Waals surface area contributed by atoms with E-state index in [-0.39, 0.29) is 5.75 Å². The zero-order valence-corrected chi connectivity index (χ0v) is 15.6. The number of thiocarbonyl (C=S) groups is 1. The van der Waals surface area contributed by atoms with Crippen molar-refractivity contribution in [3.63, 3.8) is 0 Å². The summed E-state index contributed by atoms with van der Waals surface area (Å²) in [5, 5.41) is 6.47. The Labute approximate surface area is 149 Å². The Hall–Kier alpha value is -1.45. The van der Waals surface area contributed by atoms with Gasteiger partial charge < -0.3 is 15.5 Å². The highest BCUT2D eigenvalue weighted by molar-refractivity contribution is 7.89. The van der Waals surface area contributed by atoms with Crippen LogP contribution in [-0.4, -0.2) is 67.8 Å². The zero-order chi connectivity index (χ0) is 17.4. The van der Waals surface area contributed by atoms with E-state index in [1.807, 2.05) is 25.1 Å². The van der Waals surface area contributed by atoms with Crippen LogP contribution >= 0.6 is 12.2 Å². The summed E-state index contributed by atoms with van der Waals surface area (Å²) in [7, 11) is -3.27. The standard InChI is InChI=1S/C15H25N5O2S2/c1-2-6-17-15(23)18-8-13-24(21,22)20-11-9-19(10-12-20)14-5-3-4-7-16-14/h3-5,7H,2,6,8-13H2,1H3,(H2,17,18,23). The fourth-order valence-electron chi connectivity index (χ4n) is 2.46. The van der Waals surface area contributed by atoms with E-state index >= 15 is 0 Å². The molecular formula is C15H25N5O2S2. The van der Waals surface area contributed by atoms with Crippen molar-refractivity contribution in [3.05, 3.63) is 24.4 Å². The van der Waals surface area contributed by atoms with Gasteiger partial charge in [0.05, 0.1) is 5.75 Å². The topological polar surface area (TPSA) is 77.6 Å². The summed E-state index contributed by atoms with van der Waals surface area (Å²) in [4.78, 5) is 6.41. The normalized spacial score (nSPS) is 16.0. The van der Waals surface area contributed by atoms with Crippen LogP contribution in [-0.2, 0) is 10.0 Å². The SMILES string of the molecule is CCCNC(=S)NCCS(=O)(=O)N1CCN(c2ccccn2)CC1. The van der Waals surface area contributed by atoms with E-state index in [4.69, 9.17) is 12.2 Å². The van der Waals surface area contributed by atoms with Gasteiger partial charge in [-0.25, -0.2) is 13.4 Å². The first kappa shape index (κ1) is 18.9. The maximum Gasteiger partial charge on any atom is 0.215 e. The molecule has 0 aliphatic carbocycles. The molecule has 1 aliphatic rings. The average Bonchev–Trinajstić information content (AvgIpc) is 2.60. The van der Waals surface area contributed by atoms with E-state index in [1.54, 1.807) is 10.5 Å². The van der Waals surface area contributed by atoms with Gasteiger partial charge in [-0.15, -0.1) is 0 Å². The Morgan fingerprint density at radius 3 is 2.54 bits per heavy atom. The van der Waals surface area contributed by atoms with Gasteiger partial charge in [-0.2, -0.15) is 4.31 Å². The lowest BCUT2D eigenvalue weighted by Gasteiger charge is -2.34. The lowest BCUT2D eigenvalue weighted by atomic mass is 10.3. The molecule has 9 heteroatoms. The fraction of sp³-hybridized carbons (Fsp3) is 0.600. The Balaban J connectivity index is 1.76. The van der Waals surface area contributed by atoms with Crippen LogP contribution in [0.3, 0.4) is 0 Å². The van der Waals surface area contributed by atoms with Crippen LogP contribution in [0.1, 0.15) is 13.3 Å². The van der Waals surface area contributed by atoms with Crippen molar-refractivity contribution in [1.82, 2.24) is 19.9 Å². The highest BCUT2D eigenvalue weighted by atomic mass is 32.2. The van der Waals surface area contributed by atoms with Crippen LogP contribution in [0.15, 0.2) is 24.4 Å². The molecule has 0 atom stereocenters. The molecule has 2 N–H and O–H groups in total. The molecule has 0 amide bonds. The van der Waals surface area contributed by atoms with Crippen molar-refractivity contribution in [2.24, 2.45) is 0 Å². The Kier molecular flexibility index (Phi) is 7.19. The third kappa shape index (κ3) is 5.57. The summed E-state index contributed by atoms with van der Waals surface area (Å²) in [6.07, 6.45) is 2.72. The summed E-state index contributed by atoms with van der Waals surface area (Å²) in [6.45, 7) is 5.42. The largest absolute Gasteiger partial charge is 0.363 e. The number of hydrogen-bond acceptors (Lipinski definition) is 5. The van der Waals surface area contributed by atoms with Crippen LogP contribution in [0.25, 0.3) is 0 Å². The van der Waals surface area contributed by atoms with Gasteiger partial charge in [0.1, 0.15) is 5.82 Å². The van der Waals surface area contributed by atoms with Gasteiger partial charge in [-0.3, -0.25) is 0 Å². The number of piperazine rings is 1. The lowest BCUT2D eigenvalue weighted by Crippen LogP contribution is -2.50. The highest BCUT2D eigenvalue weighted by Gasteiger charge is 2.26. The highest BCUT2D eigenvalue weighted by Crippen LogP contribution is 2.14. The molecule has 1 saturated heterocycles. The van der Waals surface area contributed by atoms with Gasteiger partial charge >= 0.3 is 0 Å². The monoisotopic (exact) mass is 371 g/mol. The predicted molar refractivity (Wildman–Crippen MR) is 101 cm³/mol. The van der Waals surface area contributed by atoms with Crippen molar-refractivity contribution in [2.75, 3.05) is 49.9 Å². The molecule has 2 rings (SSSR count). The number of nitrogens with one attached hydrogen (secondary N) is 2. The third-order valence-corrected chi connectivity index (χ3v) is 5.95. The van der Waals surface area contributed by atoms with Crippen molar-refractivity contribution in [1.29, 1.82) is 0 Å². The van der Waals surface area contributed by atoms with Gasteiger partial charge in [0.25, 0.3) is 0 Å². The lowest BCUT2D eigenvalue weighted by molar-refractivity contribution is 0.384. The van der Waals surface area contributed by atoms with Crippen molar-refractivity contribution < 1.29 is 8.42 Å². The van der Waals surface area contributed by atoms with Gasteiger partial charge in [-0.05, 0) is 30.8 Å². The van der Waals surface area contributed by atoms with E-state index in [9.17, 15) is 8.42 Å². The smallest absolute Gasteiger partial charge is 0.215 e. The summed E-state index contributed by atoms with van der Waals surface area (Å²) in [5.74, 6) is 0.938. The minimum absolute atomic E-state index is 0.0462. The first-order valence-electron chi connectivity index (χ1n) is 8.18. The molecule has 24 heavy (non-hydrogen) atoms. The number of pyridine rings is 1. The van der Waals surface area contributed by atoms with E-state index in [0.717, 1.165) is 18.8 Å². The molecule has 0 spiro atoms. The summed E-state index contributed by atoms with van der Waals surface area (Å²) in [5.41, 5.74) is 0. The Morgan fingerprint density at radius 1 is 1.21 bits per heavy atom. The van der Waals surface area contributed by atoms with E-state index in [2.05, 4.69) is 20.5 Å². The second-order valence-corrected chi connectivity index (χ2v) is 8.07.